The number of carbonyl (C=O) groups is 4. The van der Waals surface area contributed by atoms with Crippen molar-refractivity contribution in [2.75, 3.05) is 19.8 Å². The minimum atomic E-state index is -0.964. The van der Waals surface area contributed by atoms with E-state index in [2.05, 4.69) is 60.0 Å². The number of benzene rings is 3. The first-order valence-electron chi connectivity index (χ1n) is 23.5. The molecular formula is C54H63ClN6O7S. The number of aliphatic hydroxyl groups is 1. The van der Waals surface area contributed by atoms with E-state index in [0.717, 1.165) is 39.2 Å². The number of β-amino-alcohol motifs (C(OH)–C–C–N with tert-alkyl or cyclic N) is 1. The van der Waals surface area contributed by atoms with E-state index in [1.54, 1.807) is 29.5 Å². The summed E-state index contributed by atoms with van der Waals surface area (Å²) >= 11 is 7.87. The number of hydrogen-bond acceptors (Lipinski definition) is 9. The molecule has 2 fully saturated rings. The van der Waals surface area contributed by atoms with Crippen LogP contribution in [0.15, 0.2) is 66.2 Å². The number of amides is 4. The predicted molar refractivity (Wildman–Crippen MR) is 268 cm³/mol. The Labute approximate surface area is 415 Å². The third-order valence-corrected chi connectivity index (χ3v) is 15.0. The molecule has 13 nitrogen and oxygen atoms in total. The van der Waals surface area contributed by atoms with Gasteiger partial charge < -0.3 is 35.0 Å². The van der Waals surface area contributed by atoms with Crippen molar-refractivity contribution in [2.24, 2.45) is 16.2 Å². The van der Waals surface area contributed by atoms with Crippen molar-refractivity contribution in [2.45, 2.75) is 131 Å². The third-order valence-electron chi connectivity index (χ3n) is 13.7. The van der Waals surface area contributed by atoms with E-state index < -0.39 is 35.4 Å². The molecule has 7 rings (SSSR count). The van der Waals surface area contributed by atoms with Gasteiger partial charge in [-0.1, -0.05) is 108 Å². The molecule has 3 aliphatic rings. The summed E-state index contributed by atoms with van der Waals surface area (Å²) < 4.78 is 12.2. The van der Waals surface area contributed by atoms with Gasteiger partial charge in [0.15, 0.2) is 0 Å². The topological polar surface area (TPSA) is 155 Å². The molecular weight excluding hydrogens is 912 g/mol. The molecule has 4 amide bonds. The first kappa shape index (κ1) is 51.1. The monoisotopic (exact) mass is 974 g/mol. The fourth-order valence-corrected chi connectivity index (χ4v) is 11.6. The smallest absolute Gasteiger partial charge is 0.254 e. The molecule has 3 heterocycles. The van der Waals surface area contributed by atoms with Crippen LogP contribution in [0.3, 0.4) is 0 Å². The normalized spacial score (nSPS) is 21.0. The number of unbranched alkanes of at least 4 members (excludes halogenated alkanes) is 2. The second kappa shape index (κ2) is 20.7. The Morgan fingerprint density at radius 3 is 2.42 bits per heavy atom. The number of thiazole rings is 1. The SMILES string of the molecule is [C-]#[N+]c1ccc(OC2C(C)(C)C(N3Cc4ccc(C#CCCCCOCC(=O)N[C@H](C(=O)N5C[C@H](O)CC5C(=O)N[C@@H](C)c5ccc(-c6scnc6C)cc5)C(C)(C)C)cc4C3=O)C2(C)C)cc1Cl. The Balaban J connectivity index is 0.850. The van der Waals surface area contributed by atoms with Crippen molar-refractivity contribution in [3.63, 3.8) is 0 Å². The van der Waals surface area contributed by atoms with Crippen molar-refractivity contribution < 1.29 is 33.8 Å². The van der Waals surface area contributed by atoms with Gasteiger partial charge in [-0.2, -0.15) is 0 Å². The van der Waals surface area contributed by atoms with Crippen LogP contribution in [0.25, 0.3) is 15.3 Å². The predicted octanol–water partition coefficient (Wildman–Crippen LogP) is 9.07. The van der Waals surface area contributed by atoms with E-state index in [1.807, 2.05) is 87.5 Å². The summed E-state index contributed by atoms with van der Waals surface area (Å²) in [5, 5.41) is 16.9. The summed E-state index contributed by atoms with van der Waals surface area (Å²) in [4.78, 5) is 67.0. The van der Waals surface area contributed by atoms with Crippen LogP contribution in [0.5, 0.6) is 5.75 Å². The average Bonchev–Trinajstić information content (AvgIpc) is 4.00. The summed E-state index contributed by atoms with van der Waals surface area (Å²) in [5.74, 6) is 5.74. The highest BCUT2D eigenvalue weighted by Crippen LogP contribution is 2.59. The molecule has 3 N–H and O–H groups in total. The maximum Gasteiger partial charge on any atom is 0.254 e. The van der Waals surface area contributed by atoms with Gasteiger partial charge in [-0.05, 0) is 73.1 Å². The maximum absolute atomic E-state index is 14.1. The number of likely N-dealkylation sites (tertiary alicyclic amines) is 1. The van der Waals surface area contributed by atoms with Crippen molar-refractivity contribution in [1.29, 1.82) is 0 Å². The Kier molecular flexibility index (Phi) is 15.3. The highest BCUT2D eigenvalue weighted by molar-refractivity contribution is 7.13. The van der Waals surface area contributed by atoms with E-state index in [1.165, 1.54) is 4.90 Å². The zero-order chi connectivity index (χ0) is 50.0. The number of aromatic nitrogens is 1. The molecule has 4 atom stereocenters. The number of nitrogens with one attached hydrogen (secondary N) is 2. The summed E-state index contributed by atoms with van der Waals surface area (Å²) in [6.45, 7) is 25.7. The highest BCUT2D eigenvalue weighted by Gasteiger charge is 2.67. The number of rotatable bonds is 15. The molecule has 69 heavy (non-hydrogen) atoms. The molecule has 1 unspecified atom stereocenters. The summed E-state index contributed by atoms with van der Waals surface area (Å²) in [6.07, 6.45) is 1.01. The highest BCUT2D eigenvalue weighted by atomic mass is 35.5. The van der Waals surface area contributed by atoms with Gasteiger partial charge >= 0.3 is 0 Å². The van der Waals surface area contributed by atoms with Crippen LogP contribution in [0.4, 0.5) is 5.69 Å². The minimum absolute atomic E-state index is 0.0183. The van der Waals surface area contributed by atoms with Gasteiger partial charge in [0.25, 0.3) is 5.91 Å². The van der Waals surface area contributed by atoms with E-state index >= 15 is 0 Å². The number of hydrogen-bond donors (Lipinski definition) is 3. The van der Waals surface area contributed by atoms with E-state index in [-0.39, 0.29) is 60.4 Å². The number of halogens is 1. The molecule has 2 aliphatic heterocycles. The number of aliphatic hydroxyl groups excluding tert-OH is 1. The van der Waals surface area contributed by atoms with Crippen LogP contribution in [0, 0.1) is 41.6 Å². The van der Waals surface area contributed by atoms with Crippen LogP contribution < -0.4 is 15.4 Å². The maximum atomic E-state index is 14.1. The molecule has 4 aromatic rings. The summed E-state index contributed by atoms with van der Waals surface area (Å²) in [5.41, 5.74) is 6.06. The third kappa shape index (κ3) is 11.0. The van der Waals surface area contributed by atoms with Gasteiger partial charge in [-0.3, -0.25) is 19.2 Å². The Morgan fingerprint density at radius 2 is 1.77 bits per heavy atom. The molecule has 0 bridgehead atoms. The zero-order valence-corrected chi connectivity index (χ0v) is 42.5. The lowest BCUT2D eigenvalue weighted by Gasteiger charge is -2.65. The van der Waals surface area contributed by atoms with Gasteiger partial charge in [0, 0.05) is 60.5 Å². The second-order valence-corrected chi connectivity index (χ2v) is 22.0. The number of ether oxygens (including phenoxy) is 2. The lowest BCUT2D eigenvalue weighted by Crippen LogP contribution is -2.74. The molecule has 1 saturated heterocycles. The lowest BCUT2D eigenvalue weighted by atomic mass is 9.49. The van der Waals surface area contributed by atoms with Crippen LogP contribution in [-0.4, -0.2) is 93.6 Å². The first-order chi connectivity index (χ1) is 32.6. The average molecular weight is 976 g/mol. The second-order valence-electron chi connectivity index (χ2n) is 20.8. The number of aryl methyl sites for hydroxylation is 1. The zero-order valence-electron chi connectivity index (χ0n) is 40.9. The van der Waals surface area contributed by atoms with Crippen LogP contribution in [-0.2, 0) is 25.7 Å². The summed E-state index contributed by atoms with van der Waals surface area (Å²) in [6, 6.07) is 16.5. The molecule has 0 spiro atoms. The standard InChI is InChI=1S/C54H63ClN6O7S/c1-32(35-18-20-36(21-19-35)45-33(2)57-31-69-45)58-47(64)43-26-38(62)29-60(43)49(66)46(52(3,4)5)59-44(63)30-67-24-14-12-11-13-15-34-16-17-37-28-61(48(65)40(37)25-34)50-53(6,7)51(54(50,8)9)68-39-22-23-42(56-10)41(55)27-39/h16-23,25,27,31-32,38,43,46,50-51,62H,11-12,14,24,26,28-30H2,1-9H3,(H,58,64)(H,59,63)/t32-,38+,43?,46+,50?,51?/m0/s1. The van der Waals surface area contributed by atoms with Gasteiger partial charge in [0.1, 0.15) is 30.5 Å². The molecule has 3 aromatic carbocycles. The quantitative estimate of drug-likeness (QED) is 0.0606. The molecule has 15 heteroatoms. The Bertz CT molecular complexity index is 2680. The number of fused-ring (bicyclic) bond motifs is 1. The lowest BCUT2D eigenvalue weighted by molar-refractivity contribution is -0.199. The molecule has 1 aliphatic carbocycles. The summed E-state index contributed by atoms with van der Waals surface area (Å²) in [7, 11) is 0. The Morgan fingerprint density at radius 1 is 1.04 bits per heavy atom. The largest absolute Gasteiger partial charge is 0.489 e. The molecule has 1 saturated carbocycles. The van der Waals surface area contributed by atoms with Gasteiger partial charge in [0.05, 0.1) is 39.8 Å². The van der Waals surface area contributed by atoms with Crippen LogP contribution >= 0.6 is 22.9 Å². The van der Waals surface area contributed by atoms with E-state index in [4.69, 9.17) is 27.6 Å². The van der Waals surface area contributed by atoms with Crippen molar-refractivity contribution in [3.8, 4) is 28.0 Å². The minimum Gasteiger partial charge on any atom is -0.489 e. The molecule has 364 valence electrons. The van der Waals surface area contributed by atoms with Crippen LogP contribution in [0.1, 0.15) is 120 Å². The van der Waals surface area contributed by atoms with Crippen LogP contribution in [0.2, 0.25) is 5.02 Å². The molecule has 1 aromatic heterocycles. The van der Waals surface area contributed by atoms with Crippen molar-refractivity contribution in [1.82, 2.24) is 25.4 Å². The number of nitrogens with zero attached hydrogens (tertiary/aromatic N) is 4. The Hall–Kier alpha value is -5.77. The van der Waals surface area contributed by atoms with Gasteiger partial charge in [-0.25, -0.2) is 9.83 Å². The van der Waals surface area contributed by atoms with Gasteiger partial charge in [-0.15, -0.1) is 11.3 Å². The molecule has 0 radical (unpaired) electrons. The van der Waals surface area contributed by atoms with E-state index in [0.29, 0.717) is 48.0 Å². The van der Waals surface area contributed by atoms with Crippen molar-refractivity contribution in [3.05, 3.63) is 111 Å². The van der Waals surface area contributed by atoms with E-state index in [9.17, 15) is 24.3 Å². The number of carbonyl (C=O) groups excluding carboxylic acids is 4. The first-order valence-corrected chi connectivity index (χ1v) is 24.8. The fraction of sp³-hybridized carbons (Fsp3) is 0.481. The fourth-order valence-electron chi connectivity index (χ4n) is 10.6. The van der Waals surface area contributed by atoms with Crippen molar-refractivity contribution >= 4 is 52.3 Å². The van der Waals surface area contributed by atoms with Gasteiger partial charge in [0.2, 0.25) is 23.4 Å².